The Kier molecular flexibility index (Phi) is 6.20. The zero-order chi connectivity index (χ0) is 22.1. The number of benzene rings is 2. The van der Waals surface area contributed by atoms with Gasteiger partial charge in [0.2, 0.25) is 0 Å². The molecule has 2 heterocycles. The number of likely N-dealkylation sites (tertiary alicyclic amines) is 1. The minimum Gasteiger partial charge on any atom is -0.492 e. The van der Waals surface area contributed by atoms with Crippen molar-refractivity contribution in [3.05, 3.63) is 47.5 Å². The van der Waals surface area contributed by atoms with Crippen molar-refractivity contribution >= 4 is 29.3 Å². The number of hydrogen-bond donors (Lipinski definition) is 3. The molecule has 2 aromatic carbocycles. The second-order valence-electron chi connectivity index (χ2n) is 8.97. The van der Waals surface area contributed by atoms with Gasteiger partial charge in [-0.3, -0.25) is 0 Å². The molecule has 0 bridgehead atoms. The van der Waals surface area contributed by atoms with E-state index in [9.17, 15) is 9.90 Å². The average Bonchev–Trinajstić information content (AvgIpc) is 3.47. The molecular weight excluding hydrogens is 422 g/mol. The average molecular weight is 454 g/mol. The van der Waals surface area contributed by atoms with Crippen LogP contribution in [0.1, 0.15) is 54.4 Å². The van der Waals surface area contributed by atoms with E-state index in [0.717, 1.165) is 42.1 Å². The molecule has 0 radical (unpaired) electrons. The maximum atomic E-state index is 12.1. The molecule has 0 amide bonds. The fourth-order valence-corrected chi connectivity index (χ4v) is 5.96. The Hall–Kier alpha value is -2.38. The van der Waals surface area contributed by atoms with E-state index in [2.05, 4.69) is 34.0 Å². The van der Waals surface area contributed by atoms with E-state index in [1.54, 1.807) is 0 Å². The molecule has 1 saturated carbocycles. The van der Waals surface area contributed by atoms with Crippen molar-refractivity contribution in [3.8, 4) is 5.75 Å². The highest BCUT2D eigenvalue weighted by Crippen LogP contribution is 2.55. The Bertz CT molecular complexity index is 998. The minimum absolute atomic E-state index is 0.242. The van der Waals surface area contributed by atoms with Gasteiger partial charge in [-0.05, 0) is 80.4 Å². The van der Waals surface area contributed by atoms with Crippen LogP contribution in [0.5, 0.6) is 5.75 Å². The lowest BCUT2D eigenvalue weighted by molar-refractivity contribution is 0.0692. The van der Waals surface area contributed by atoms with E-state index < -0.39 is 5.97 Å². The lowest BCUT2D eigenvalue weighted by Crippen LogP contribution is -2.30. The van der Waals surface area contributed by atoms with Crippen LogP contribution < -0.4 is 14.8 Å². The third-order valence-corrected chi connectivity index (χ3v) is 7.92. The van der Waals surface area contributed by atoms with Crippen molar-refractivity contribution < 1.29 is 14.6 Å². The van der Waals surface area contributed by atoms with Crippen molar-refractivity contribution in [2.75, 3.05) is 36.3 Å². The number of rotatable bonds is 9. The number of ether oxygens (including phenoxy) is 1. The number of fused-ring (bicyclic) bond motifs is 3. The highest BCUT2D eigenvalue weighted by atomic mass is 32.2. The third-order valence-electron chi connectivity index (χ3n) is 7.02. The molecule has 1 saturated heterocycles. The summed E-state index contributed by atoms with van der Waals surface area (Å²) in [7, 11) is 0. The molecule has 3 N–H and O–H groups in total. The number of para-hydroxylation sites is 1. The smallest absolute Gasteiger partial charge is 0.341 e. The van der Waals surface area contributed by atoms with E-state index in [1.165, 1.54) is 31.3 Å². The summed E-state index contributed by atoms with van der Waals surface area (Å²) in [6.07, 6.45) is 4.82. The van der Waals surface area contributed by atoms with E-state index in [1.807, 2.05) is 24.3 Å². The highest BCUT2D eigenvalue weighted by molar-refractivity contribution is 8.00. The van der Waals surface area contributed by atoms with Crippen LogP contribution in [0.2, 0.25) is 0 Å². The highest BCUT2D eigenvalue weighted by Gasteiger charge is 2.45. The fraction of sp³-hybridized carbons (Fsp3) is 0.480. The van der Waals surface area contributed by atoms with Crippen LogP contribution in [-0.4, -0.2) is 48.3 Å². The second kappa shape index (κ2) is 9.24. The Balaban J connectivity index is 1.26. The summed E-state index contributed by atoms with van der Waals surface area (Å²) in [4.78, 5) is 15.7. The van der Waals surface area contributed by atoms with Gasteiger partial charge >= 0.3 is 5.97 Å². The van der Waals surface area contributed by atoms with Gasteiger partial charge in [-0.1, -0.05) is 25.1 Å². The van der Waals surface area contributed by atoms with Gasteiger partial charge in [0.1, 0.15) is 11.3 Å². The quantitative estimate of drug-likeness (QED) is 0.446. The van der Waals surface area contributed by atoms with Gasteiger partial charge in [-0.2, -0.15) is 0 Å². The molecule has 3 unspecified atom stereocenters. The first-order valence-corrected chi connectivity index (χ1v) is 12.5. The van der Waals surface area contributed by atoms with Crippen LogP contribution in [0.3, 0.4) is 0 Å². The maximum Gasteiger partial charge on any atom is 0.341 e. The molecule has 2 aliphatic heterocycles. The van der Waals surface area contributed by atoms with E-state index >= 15 is 0 Å². The van der Waals surface area contributed by atoms with Crippen LogP contribution in [0.15, 0.2) is 41.3 Å². The molecule has 170 valence electrons. The first kappa shape index (κ1) is 21.5. The number of carboxylic acids is 1. The van der Waals surface area contributed by atoms with Gasteiger partial charge in [-0.25, -0.2) is 4.79 Å². The third kappa shape index (κ3) is 4.28. The molecule has 3 aliphatic rings. The summed E-state index contributed by atoms with van der Waals surface area (Å²) in [6, 6.07) is 12.8. The lowest BCUT2D eigenvalue weighted by Gasteiger charge is -2.23. The van der Waals surface area contributed by atoms with E-state index in [0.29, 0.717) is 35.9 Å². The molecule has 1 aliphatic carbocycles. The number of anilines is 2. The predicted molar refractivity (Wildman–Crippen MR) is 129 cm³/mol. The molecule has 2 fully saturated rings. The van der Waals surface area contributed by atoms with Crippen LogP contribution in [0.25, 0.3) is 0 Å². The first-order valence-electron chi connectivity index (χ1n) is 11.7. The topological polar surface area (TPSA) is 73.8 Å². The van der Waals surface area contributed by atoms with Crippen LogP contribution in [0.4, 0.5) is 11.4 Å². The number of aromatic carboxylic acids is 1. The fourth-order valence-electron chi connectivity index (χ4n) is 5.17. The first-order chi connectivity index (χ1) is 15.7. The summed E-state index contributed by atoms with van der Waals surface area (Å²) < 4.78 is 9.14. The summed E-state index contributed by atoms with van der Waals surface area (Å²) in [5.41, 5.74) is 2.94. The van der Waals surface area contributed by atoms with Crippen LogP contribution in [-0.2, 0) is 0 Å². The van der Waals surface area contributed by atoms with Crippen molar-refractivity contribution in [1.82, 2.24) is 4.90 Å². The normalized spacial score (nSPS) is 23.7. The van der Waals surface area contributed by atoms with Crippen LogP contribution >= 0.6 is 11.9 Å². The van der Waals surface area contributed by atoms with E-state index in [-0.39, 0.29) is 5.56 Å². The molecule has 0 aromatic heterocycles. The molecule has 5 rings (SSSR count). The Morgan fingerprint density at radius 1 is 1.25 bits per heavy atom. The second-order valence-corrected chi connectivity index (χ2v) is 9.81. The number of nitrogens with zero attached hydrogens (tertiary/aromatic N) is 1. The SMILES string of the molecule is CCN1CCCC1CCNc1ccccc1SNc1ccc2c(c1C(=O)O)OCC1CC21. The Morgan fingerprint density at radius 2 is 2.12 bits per heavy atom. The largest absolute Gasteiger partial charge is 0.492 e. The monoisotopic (exact) mass is 453 g/mol. The molecule has 3 atom stereocenters. The molecule has 7 heteroatoms. The molecular formula is C25H31N3O3S. The Morgan fingerprint density at radius 3 is 2.97 bits per heavy atom. The van der Waals surface area contributed by atoms with Crippen LogP contribution in [0, 0.1) is 5.92 Å². The minimum atomic E-state index is -0.951. The van der Waals surface area contributed by atoms with Gasteiger partial charge in [0.25, 0.3) is 0 Å². The van der Waals surface area contributed by atoms with Gasteiger partial charge in [0.15, 0.2) is 0 Å². The summed E-state index contributed by atoms with van der Waals surface area (Å²) in [5, 5.41) is 13.5. The van der Waals surface area contributed by atoms with Gasteiger partial charge in [0.05, 0.1) is 17.2 Å². The molecule has 2 aromatic rings. The van der Waals surface area contributed by atoms with E-state index in [4.69, 9.17) is 4.74 Å². The summed E-state index contributed by atoms with van der Waals surface area (Å²) in [6.45, 7) is 6.13. The molecule has 0 spiro atoms. The lowest BCUT2D eigenvalue weighted by atomic mass is 10.0. The van der Waals surface area contributed by atoms with Gasteiger partial charge < -0.3 is 24.8 Å². The van der Waals surface area contributed by atoms with Crippen molar-refractivity contribution in [2.45, 2.75) is 49.5 Å². The summed E-state index contributed by atoms with van der Waals surface area (Å²) >= 11 is 1.44. The molecule has 32 heavy (non-hydrogen) atoms. The number of carbonyl (C=O) groups is 1. The van der Waals surface area contributed by atoms with Crippen molar-refractivity contribution in [3.63, 3.8) is 0 Å². The number of hydrogen-bond acceptors (Lipinski definition) is 6. The predicted octanol–water partition coefficient (Wildman–Crippen LogP) is 5.29. The number of nitrogens with one attached hydrogen (secondary N) is 2. The summed E-state index contributed by atoms with van der Waals surface area (Å²) in [5.74, 6) is 0.619. The standard InChI is InChI=1S/C25H31N3O3S/c1-2-28-13-5-6-17(28)11-12-26-20-7-3-4-8-22(20)32-27-21-10-9-18-19-14-16(19)15-31-24(18)23(21)25(29)30/h3-4,7-10,16-17,19,26-27H,2,5-6,11-15H2,1H3,(H,29,30). The number of carboxylic acid groups (broad SMARTS) is 1. The zero-order valence-electron chi connectivity index (χ0n) is 18.5. The van der Waals surface area contributed by atoms with Gasteiger partial charge in [0, 0.05) is 24.2 Å². The van der Waals surface area contributed by atoms with Crippen molar-refractivity contribution in [1.29, 1.82) is 0 Å². The van der Waals surface area contributed by atoms with Crippen molar-refractivity contribution in [2.24, 2.45) is 5.92 Å². The maximum absolute atomic E-state index is 12.1. The molecule has 6 nitrogen and oxygen atoms in total. The Labute approximate surface area is 193 Å². The zero-order valence-corrected chi connectivity index (χ0v) is 19.3. The van der Waals surface area contributed by atoms with Gasteiger partial charge in [-0.15, -0.1) is 0 Å².